The highest BCUT2D eigenvalue weighted by Crippen LogP contribution is 2.42. The molecular weight excluding hydrogens is 399 g/mol. The van der Waals surface area contributed by atoms with Gasteiger partial charge in [-0.1, -0.05) is 18.5 Å². The minimum Gasteiger partial charge on any atom is -0.462 e. The Morgan fingerprint density at radius 1 is 1.38 bits per heavy atom. The summed E-state index contributed by atoms with van der Waals surface area (Å²) in [7, 11) is 1.51. The quantitative estimate of drug-likeness (QED) is 0.772. The Labute approximate surface area is 173 Å². The monoisotopic (exact) mass is 420 g/mol. The summed E-state index contributed by atoms with van der Waals surface area (Å²) in [5.41, 5.74) is 5.58. The normalized spacial score (nSPS) is 23.8. The molecular formula is C20H22ClFN4O3. The summed E-state index contributed by atoms with van der Waals surface area (Å²) in [6, 6.07) is 7.31. The van der Waals surface area contributed by atoms with Crippen LogP contribution in [0, 0.1) is 11.7 Å². The highest BCUT2D eigenvalue weighted by Gasteiger charge is 2.46. The maximum absolute atomic E-state index is 14.9. The van der Waals surface area contributed by atoms with Crippen molar-refractivity contribution < 1.29 is 18.7 Å². The molecule has 0 saturated carbocycles. The minimum absolute atomic E-state index is 0.0353. The number of nitrogens with two attached hydrogens (primary N) is 1. The lowest BCUT2D eigenvalue weighted by molar-refractivity contribution is 0.0162. The van der Waals surface area contributed by atoms with Crippen LogP contribution in [0.1, 0.15) is 29.9 Å². The number of amidine groups is 1. The van der Waals surface area contributed by atoms with Crippen molar-refractivity contribution in [2.75, 3.05) is 19.0 Å². The van der Waals surface area contributed by atoms with E-state index in [0.29, 0.717) is 10.7 Å². The fraction of sp³-hybridized carbons (Fsp3) is 0.350. The molecule has 3 N–H and O–H groups in total. The van der Waals surface area contributed by atoms with Crippen LogP contribution < -0.4 is 11.1 Å². The van der Waals surface area contributed by atoms with E-state index in [0.717, 1.165) is 0 Å². The number of ether oxygens (including phenoxy) is 2. The molecule has 0 saturated heterocycles. The Bertz CT molecular complexity index is 938. The molecule has 0 radical (unpaired) electrons. The van der Waals surface area contributed by atoms with Gasteiger partial charge in [-0.25, -0.2) is 14.4 Å². The topological polar surface area (TPSA) is 98.8 Å². The summed E-state index contributed by atoms with van der Waals surface area (Å²) in [6.07, 6.45) is 1.07. The first kappa shape index (κ1) is 21.0. The van der Waals surface area contributed by atoms with E-state index in [1.54, 1.807) is 6.07 Å². The molecule has 0 bridgehead atoms. The molecule has 1 aromatic heterocycles. The SMILES string of the molecule is COC[C@@]1(c2cc(NC(=O)c3ccc(Cl)cn3)ccc2F)N=C(N)OC(C)[C@H]1C. The Hall–Kier alpha value is -2.71. The van der Waals surface area contributed by atoms with E-state index in [2.05, 4.69) is 15.3 Å². The van der Waals surface area contributed by atoms with Crippen molar-refractivity contribution in [1.82, 2.24) is 4.98 Å². The lowest BCUT2D eigenvalue weighted by Gasteiger charge is -2.42. The van der Waals surface area contributed by atoms with E-state index in [4.69, 9.17) is 26.8 Å². The maximum atomic E-state index is 14.9. The zero-order valence-corrected chi connectivity index (χ0v) is 17.0. The van der Waals surface area contributed by atoms with Crippen molar-refractivity contribution in [3.8, 4) is 0 Å². The third kappa shape index (κ3) is 4.18. The Morgan fingerprint density at radius 3 is 2.79 bits per heavy atom. The Morgan fingerprint density at radius 2 is 2.14 bits per heavy atom. The van der Waals surface area contributed by atoms with E-state index in [9.17, 15) is 9.18 Å². The van der Waals surface area contributed by atoms with Crippen LogP contribution in [-0.2, 0) is 15.0 Å². The number of amides is 1. The maximum Gasteiger partial charge on any atom is 0.283 e. The van der Waals surface area contributed by atoms with Crippen LogP contribution in [-0.4, -0.2) is 36.7 Å². The number of hydrogen-bond acceptors (Lipinski definition) is 6. The molecule has 1 amide bonds. The van der Waals surface area contributed by atoms with Gasteiger partial charge in [-0.05, 0) is 37.3 Å². The number of benzene rings is 1. The minimum atomic E-state index is -1.10. The van der Waals surface area contributed by atoms with Crippen molar-refractivity contribution in [2.24, 2.45) is 16.6 Å². The lowest BCUT2D eigenvalue weighted by atomic mass is 9.76. The molecule has 154 valence electrons. The molecule has 0 aliphatic carbocycles. The standard InChI is InChI=1S/C20H22ClFN4O3/c1-11-12(2)29-19(23)26-20(11,10-28-3)15-8-14(5-6-16(15)22)25-18(27)17-7-4-13(21)9-24-17/h4-9,11-12H,10H2,1-3H3,(H2,23,26)(H,25,27)/t11-,12?,20-/m1/s1. The number of hydrogen-bond donors (Lipinski definition) is 2. The van der Waals surface area contributed by atoms with Crippen molar-refractivity contribution in [2.45, 2.75) is 25.5 Å². The molecule has 1 aromatic carbocycles. The third-order valence-electron chi connectivity index (χ3n) is 5.09. The number of halogens is 2. The van der Waals surface area contributed by atoms with E-state index in [-0.39, 0.29) is 35.9 Å². The van der Waals surface area contributed by atoms with Crippen LogP contribution >= 0.6 is 11.6 Å². The second-order valence-electron chi connectivity index (χ2n) is 6.93. The molecule has 3 atom stereocenters. The number of nitrogens with one attached hydrogen (secondary N) is 1. The van der Waals surface area contributed by atoms with Crippen LogP contribution in [0.4, 0.5) is 10.1 Å². The molecule has 7 nitrogen and oxygen atoms in total. The average molecular weight is 421 g/mol. The van der Waals surface area contributed by atoms with E-state index < -0.39 is 17.3 Å². The fourth-order valence-corrected chi connectivity index (χ4v) is 3.52. The summed E-state index contributed by atoms with van der Waals surface area (Å²) < 4.78 is 25.8. The smallest absolute Gasteiger partial charge is 0.283 e. The number of pyridine rings is 1. The van der Waals surface area contributed by atoms with Gasteiger partial charge in [0.1, 0.15) is 23.2 Å². The van der Waals surface area contributed by atoms with Gasteiger partial charge in [0, 0.05) is 30.5 Å². The molecule has 1 aliphatic rings. The fourth-order valence-electron chi connectivity index (χ4n) is 3.41. The zero-order chi connectivity index (χ0) is 21.2. The summed E-state index contributed by atoms with van der Waals surface area (Å²) in [5.74, 6) is -1.17. The first-order chi connectivity index (χ1) is 13.8. The van der Waals surface area contributed by atoms with E-state index in [1.807, 2.05) is 13.8 Å². The summed E-state index contributed by atoms with van der Waals surface area (Å²) in [6.45, 7) is 3.82. The Kier molecular flexibility index (Phi) is 6.04. The largest absolute Gasteiger partial charge is 0.462 e. The number of carbonyl (C=O) groups is 1. The van der Waals surface area contributed by atoms with E-state index in [1.165, 1.54) is 37.6 Å². The van der Waals surface area contributed by atoms with Gasteiger partial charge in [0.25, 0.3) is 11.9 Å². The number of methoxy groups -OCH3 is 1. The summed E-state index contributed by atoms with van der Waals surface area (Å²) in [4.78, 5) is 20.9. The van der Waals surface area contributed by atoms with Crippen molar-refractivity contribution in [1.29, 1.82) is 0 Å². The van der Waals surface area contributed by atoms with Crippen LogP contribution in [0.25, 0.3) is 0 Å². The molecule has 2 aromatic rings. The van der Waals surface area contributed by atoms with Gasteiger partial charge >= 0.3 is 0 Å². The van der Waals surface area contributed by atoms with Gasteiger partial charge < -0.3 is 20.5 Å². The van der Waals surface area contributed by atoms with Crippen LogP contribution in [0.5, 0.6) is 0 Å². The van der Waals surface area contributed by atoms with Gasteiger partial charge in [0.05, 0.1) is 11.6 Å². The highest BCUT2D eigenvalue weighted by molar-refractivity contribution is 6.30. The van der Waals surface area contributed by atoms with Crippen LogP contribution in [0.15, 0.2) is 41.5 Å². The van der Waals surface area contributed by atoms with Crippen LogP contribution in [0.3, 0.4) is 0 Å². The Balaban J connectivity index is 2.00. The molecule has 1 aliphatic heterocycles. The van der Waals surface area contributed by atoms with Gasteiger partial charge in [0.2, 0.25) is 0 Å². The number of carbonyl (C=O) groups excluding carboxylic acids is 1. The molecule has 0 fully saturated rings. The van der Waals surface area contributed by atoms with Crippen molar-refractivity contribution >= 4 is 29.2 Å². The van der Waals surface area contributed by atoms with Gasteiger partial charge in [-0.3, -0.25) is 4.79 Å². The number of aromatic nitrogens is 1. The second kappa shape index (κ2) is 8.34. The van der Waals surface area contributed by atoms with Gasteiger partial charge in [-0.2, -0.15) is 0 Å². The number of anilines is 1. The van der Waals surface area contributed by atoms with E-state index >= 15 is 0 Å². The molecule has 1 unspecified atom stereocenters. The number of aliphatic imine (C=N–C) groups is 1. The second-order valence-corrected chi connectivity index (χ2v) is 7.37. The lowest BCUT2D eigenvalue weighted by Crippen LogP contribution is -2.49. The molecule has 3 rings (SSSR count). The van der Waals surface area contributed by atoms with Crippen LogP contribution in [0.2, 0.25) is 5.02 Å². The highest BCUT2D eigenvalue weighted by atomic mass is 35.5. The first-order valence-corrected chi connectivity index (χ1v) is 9.38. The number of nitrogens with zero attached hydrogens (tertiary/aromatic N) is 2. The zero-order valence-electron chi connectivity index (χ0n) is 16.3. The molecule has 0 spiro atoms. The molecule has 9 heteroatoms. The first-order valence-electron chi connectivity index (χ1n) is 9.00. The third-order valence-corrected chi connectivity index (χ3v) is 5.31. The van der Waals surface area contributed by atoms with Gasteiger partial charge in [0.15, 0.2) is 0 Å². The molecule has 2 heterocycles. The predicted molar refractivity (Wildman–Crippen MR) is 108 cm³/mol. The van der Waals surface area contributed by atoms with Crippen molar-refractivity contribution in [3.63, 3.8) is 0 Å². The summed E-state index contributed by atoms with van der Waals surface area (Å²) in [5, 5.41) is 3.14. The number of rotatable bonds is 5. The molecule has 29 heavy (non-hydrogen) atoms. The van der Waals surface area contributed by atoms with Crippen molar-refractivity contribution in [3.05, 3.63) is 58.6 Å². The summed E-state index contributed by atoms with van der Waals surface area (Å²) >= 11 is 5.80. The predicted octanol–water partition coefficient (Wildman–Crippen LogP) is 3.34. The van der Waals surface area contributed by atoms with Gasteiger partial charge in [-0.15, -0.1) is 0 Å². The average Bonchev–Trinajstić information content (AvgIpc) is 2.68.